The molecule has 8 heteroatoms. The molecule has 1 aromatic rings. The van der Waals surface area contributed by atoms with Crippen molar-refractivity contribution in [2.24, 2.45) is 0 Å². The highest BCUT2D eigenvalue weighted by molar-refractivity contribution is 5.96. The molecule has 0 saturated carbocycles. The first kappa shape index (κ1) is 18.2. The Morgan fingerprint density at radius 3 is 2.12 bits per heavy atom. The molecule has 0 aromatic heterocycles. The highest BCUT2D eigenvalue weighted by Gasteiger charge is 2.46. The van der Waals surface area contributed by atoms with Gasteiger partial charge in [0.05, 0.1) is 21.3 Å². The van der Waals surface area contributed by atoms with Crippen molar-refractivity contribution in [1.29, 1.82) is 0 Å². The zero-order valence-electron chi connectivity index (χ0n) is 13.8. The Bertz CT molecular complexity index is 578. The van der Waals surface area contributed by atoms with Gasteiger partial charge in [-0.25, -0.2) is 0 Å². The molecule has 1 amide bonds. The third kappa shape index (κ3) is 3.52. The smallest absolute Gasteiger partial charge is 0.408 e. The molecule has 0 spiro atoms. The largest absolute Gasteiger partial charge is 0.493 e. The predicted octanol–water partition coefficient (Wildman–Crippen LogP) is 3.27. The number of carbonyl (C=O) groups is 1. The van der Waals surface area contributed by atoms with Crippen LogP contribution in [0.3, 0.4) is 0 Å². The Morgan fingerprint density at radius 2 is 1.67 bits per heavy atom. The number of piperidine rings is 1. The lowest BCUT2D eigenvalue weighted by molar-refractivity contribution is -0.183. The third-order valence-electron chi connectivity index (χ3n) is 4.05. The summed E-state index contributed by atoms with van der Waals surface area (Å²) in [6, 6.07) is 0.968. The van der Waals surface area contributed by atoms with Gasteiger partial charge >= 0.3 is 6.18 Å². The summed E-state index contributed by atoms with van der Waals surface area (Å²) in [5, 5.41) is 0. The molecular formula is C16H20F3NO4. The molecule has 0 radical (unpaired) electrons. The van der Waals surface area contributed by atoms with Crippen LogP contribution in [-0.4, -0.2) is 50.9 Å². The van der Waals surface area contributed by atoms with E-state index in [0.717, 1.165) is 4.90 Å². The second-order valence-corrected chi connectivity index (χ2v) is 5.47. The Labute approximate surface area is 138 Å². The maximum Gasteiger partial charge on any atom is 0.408 e. The van der Waals surface area contributed by atoms with Gasteiger partial charge in [-0.1, -0.05) is 0 Å². The number of hydrogen-bond donors (Lipinski definition) is 0. The number of benzene rings is 1. The molecule has 1 aromatic carbocycles. The van der Waals surface area contributed by atoms with Crippen molar-refractivity contribution in [3.63, 3.8) is 0 Å². The Morgan fingerprint density at radius 1 is 1.08 bits per heavy atom. The van der Waals surface area contributed by atoms with Gasteiger partial charge in [0.2, 0.25) is 5.75 Å². The van der Waals surface area contributed by atoms with Crippen LogP contribution in [0.5, 0.6) is 17.2 Å². The molecule has 5 nitrogen and oxygen atoms in total. The second-order valence-electron chi connectivity index (χ2n) is 5.47. The topological polar surface area (TPSA) is 48.0 Å². The molecule has 0 aliphatic carbocycles. The molecule has 1 heterocycles. The molecule has 2 rings (SSSR count). The van der Waals surface area contributed by atoms with E-state index in [1.807, 2.05) is 0 Å². The van der Waals surface area contributed by atoms with E-state index in [1.54, 1.807) is 0 Å². The fourth-order valence-electron chi connectivity index (χ4n) is 2.89. The summed E-state index contributed by atoms with van der Waals surface area (Å²) in [4.78, 5) is 13.5. The van der Waals surface area contributed by atoms with Crippen molar-refractivity contribution in [2.45, 2.75) is 31.5 Å². The lowest BCUT2D eigenvalue weighted by Gasteiger charge is -2.36. The summed E-state index contributed by atoms with van der Waals surface area (Å²) in [7, 11) is 4.17. The van der Waals surface area contributed by atoms with Crippen LogP contribution in [0.4, 0.5) is 13.2 Å². The van der Waals surface area contributed by atoms with Crippen molar-refractivity contribution in [1.82, 2.24) is 4.90 Å². The van der Waals surface area contributed by atoms with E-state index in [0.29, 0.717) is 12.8 Å². The van der Waals surface area contributed by atoms with Gasteiger partial charge in [-0.05, 0) is 31.4 Å². The molecule has 1 unspecified atom stereocenters. The van der Waals surface area contributed by atoms with Gasteiger partial charge in [-0.15, -0.1) is 0 Å². The summed E-state index contributed by atoms with van der Waals surface area (Å²) in [6.07, 6.45) is -3.54. The van der Waals surface area contributed by atoms with E-state index in [2.05, 4.69) is 0 Å². The number of alkyl halides is 3. The maximum atomic E-state index is 13.2. The van der Waals surface area contributed by atoms with Gasteiger partial charge in [0.15, 0.2) is 11.5 Å². The van der Waals surface area contributed by atoms with Crippen molar-refractivity contribution < 1.29 is 32.2 Å². The number of amides is 1. The van der Waals surface area contributed by atoms with E-state index in [4.69, 9.17) is 14.2 Å². The summed E-state index contributed by atoms with van der Waals surface area (Å²) in [6.45, 7) is 0.0691. The van der Waals surface area contributed by atoms with E-state index >= 15 is 0 Å². The molecule has 0 bridgehead atoms. The van der Waals surface area contributed by atoms with Crippen LogP contribution in [0.15, 0.2) is 12.1 Å². The van der Waals surface area contributed by atoms with Gasteiger partial charge in [0, 0.05) is 12.1 Å². The number of rotatable bonds is 4. The minimum atomic E-state index is -4.45. The zero-order chi connectivity index (χ0) is 17.9. The number of methoxy groups -OCH3 is 3. The van der Waals surface area contributed by atoms with E-state index in [9.17, 15) is 18.0 Å². The monoisotopic (exact) mass is 347 g/mol. The number of carbonyl (C=O) groups excluding carboxylic acids is 1. The van der Waals surface area contributed by atoms with Gasteiger partial charge in [0.25, 0.3) is 5.91 Å². The molecule has 134 valence electrons. The van der Waals surface area contributed by atoms with Gasteiger partial charge in [-0.2, -0.15) is 13.2 Å². The Kier molecular flexibility index (Phi) is 5.46. The second kappa shape index (κ2) is 7.19. The van der Waals surface area contributed by atoms with Crippen molar-refractivity contribution in [3.05, 3.63) is 17.7 Å². The third-order valence-corrected chi connectivity index (χ3v) is 4.05. The average molecular weight is 347 g/mol. The van der Waals surface area contributed by atoms with Crippen LogP contribution in [0.1, 0.15) is 29.6 Å². The van der Waals surface area contributed by atoms with Crippen molar-refractivity contribution in [2.75, 3.05) is 27.9 Å². The van der Waals surface area contributed by atoms with Gasteiger partial charge in [-0.3, -0.25) is 4.79 Å². The predicted molar refractivity (Wildman–Crippen MR) is 80.8 cm³/mol. The SMILES string of the molecule is COc1cc(C(=O)N2CCCCC2C(F)(F)F)cc(OC)c1OC. The van der Waals surface area contributed by atoms with Crippen LogP contribution >= 0.6 is 0 Å². The first-order chi connectivity index (χ1) is 11.3. The minimum Gasteiger partial charge on any atom is -0.493 e. The Hall–Kier alpha value is -2.12. The van der Waals surface area contributed by atoms with Gasteiger partial charge < -0.3 is 19.1 Å². The first-order valence-corrected chi connectivity index (χ1v) is 7.51. The summed E-state index contributed by atoms with van der Waals surface area (Å²) in [5.41, 5.74) is 0.0700. The van der Waals surface area contributed by atoms with E-state index in [1.165, 1.54) is 33.5 Å². The highest BCUT2D eigenvalue weighted by atomic mass is 19.4. The molecule has 24 heavy (non-hydrogen) atoms. The van der Waals surface area contributed by atoms with Crippen LogP contribution in [0.25, 0.3) is 0 Å². The summed E-state index contributed by atoms with van der Waals surface area (Å²) < 4.78 is 55.1. The standard InChI is InChI=1S/C16H20F3NO4/c1-22-11-8-10(9-12(23-2)14(11)24-3)15(21)20-7-5-4-6-13(20)16(17,18)19/h8-9,13H,4-7H2,1-3H3. The average Bonchev–Trinajstić information content (AvgIpc) is 2.58. The molecule has 1 aliphatic rings. The molecule has 1 fully saturated rings. The lowest BCUT2D eigenvalue weighted by atomic mass is 10.00. The van der Waals surface area contributed by atoms with E-state index in [-0.39, 0.29) is 35.8 Å². The summed E-state index contributed by atoms with van der Waals surface area (Å²) >= 11 is 0. The van der Waals surface area contributed by atoms with Crippen LogP contribution in [0.2, 0.25) is 0 Å². The van der Waals surface area contributed by atoms with Crippen molar-refractivity contribution >= 4 is 5.91 Å². The minimum absolute atomic E-state index is 0.0691. The molecule has 1 aliphatic heterocycles. The van der Waals surface area contributed by atoms with Crippen molar-refractivity contribution in [3.8, 4) is 17.2 Å². The molecule has 1 saturated heterocycles. The maximum absolute atomic E-state index is 13.2. The zero-order valence-corrected chi connectivity index (χ0v) is 13.8. The number of likely N-dealkylation sites (tertiary alicyclic amines) is 1. The molecule has 0 N–H and O–H groups in total. The van der Waals surface area contributed by atoms with Gasteiger partial charge in [0.1, 0.15) is 6.04 Å². The first-order valence-electron chi connectivity index (χ1n) is 7.51. The van der Waals surface area contributed by atoms with Crippen LogP contribution in [0, 0.1) is 0 Å². The number of nitrogens with zero attached hydrogens (tertiary/aromatic N) is 1. The molecule has 1 atom stereocenters. The fourth-order valence-corrected chi connectivity index (χ4v) is 2.89. The Balaban J connectivity index is 2.41. The number of halogens is 3. The highest BCUT2D eigenvalue weighted by Crippen LogP contribution is 2.39. The fraction of sp³-hybridized carbons (Fsp3) is 0.562. The van der Waals surface area contributed by atoms with E-state index < -0.39 is 18.1 Å². The number of ether oxygens (including phenoxy) is 3. The molecular weight excluding hydrogens is 327 g/mol. The quantitative estimate of drug-likeness (QED) is 0.839. The normalized spacial score (nSPS) is 18.2. The van der Waals surface area contributed by atoms with Crippen LogP contribution < -0.4 is 14.2 Å². The summed E-state index contributed by atoms with van der Waals surface area (Å²) in [5.74, 6) is 0.0281. The number of hydrogen-bond acceptors (Lipinski definition) is 4. The van der Waals surface area contributed by atoms with Crippen LogP contribution in [-0.2, 0) is 0 Å². The lowest BCUT2D eigenvalue weighted by Crippen LogP contribution is -2.51.